The number of ether oxygens (including phenoxy) is 1. The molecule has 0 atom stereocenters. The normalized spacial score (nSPS) is 18.3. The Hall–Kier alpha value is -4.59. The van der Waals surface area contributed by atoms with Crippen molar-refractivity contribution in [2.24, 2.45) is 0 Å². The maximum Gasteiger partial charge on any atom is 0.294 e. The second-order valence-corrected chi connectivity index (χ2v) is 20.9. The number of nitrogens with one attached hydrogen (secondary N) is 1. The van der Waals surface area contributed by atoms with Gasteiger partial charge in [0.05, 0.1) is 22.7 Å². The third-order valence-electron chi connectivity index (χ3n) is 12.2. The first-order valence-electron chi connectivity index (χ1n) is 21.4. The Morgan fingerprint density at radius 1 is 0.875 bits per heavy atom. The molecule has 3 aromatic rings. The highest BCUT2D eigenvalue weighted by Gasteiger charge is 2.44. The minimum absolute atomic E-state index is 0.211. The van der Waals surface area contributed by atoms with Crippen LogP contribution in [-0.2, 0) is 56.4 Å². The van der Waals surface area contributed by atoms with Gasteiger partial charge in [-0.15, -0.1) is 4.33 Å². The Morgan fingerprint density at radius 3 is 2.36 bits per heavy atom. The summed E-state index contributed by atoms with van der Waals surface area (Å²) in [4.78, 5) is 12.6. The molecule has 0 bridgehead atoms. The van der Waals surface area contributed by atoms with Crippen molar-refractivity contribution in [2.45, 2.75) is 94.8 Å². The quantitative estimate of drug-likeness (QED) is 0.0142. The van der Waals surface area contributed by atoms with Crippen LogP contribution in [0.3, 0.4) is 0 Å². The Morgan fingerprint density at radius 2 is 1.64 bits per heavy atom. The Bertz CT molecular complexity index is 2560. The molecule has 6 rings (SSSR count). The molecule has 17 heteroatoms. The van der Waals surface area contributed by atoms with Crippen molar-refractivity contribution in [3.05, 3.63) is 130 Å². The fourth-order valence-electron chi connectivity index (χ4n) is 8.88. The number of rotatable bonds is 22. The lowest BCUT2D eigenvalue weighted by Gasteiger charge is -2.28. The molecule has 0 fully saturated rings. The van der Waals surface area contributed by atoms with Gasteiger partial charge in [0.2, 0.25) is 5.69 Å². The molecule has 14 nitrogen and oxygen atoms in total. The van der Waals surface area contributed by atoms with E-state index in [0.29, 0.717) is 37.2 Å². The lowest BCUT2D eigenvalue weighted by Crippen LogP contribution is -2.28. The number of carbonyl (C=O) groups excluding carboxylic acids is 1. The minimum Gasteiger partial charge on any atom is -0.468 e. The van der Waals surface area contributed by atoms with Gasteiger partial charge in [-0.25, -0.2) is 5.26 Å². The number of hydrogen-bond donors (Lipinski definition) is 4. The Labute approximate surface area is 381 Å². The van der Waals surface area contributed by atoms with Crippen molar-refractivity contribution >= 4 is 61.5 Å². The molecule has 2 aliphatic heterocycles. The summed E-state index contributed by atoms with van der Waals surface area (Å²) in [5.74, 6) is 0.285. The Balaban J connectivity index is 1.42. The second kappa shape index (κ2) is 21.1. The van der Waals surface area contributed by atoms with E-state index in [9.17, 15) is 30.7 Å². The van der Waals surface area contributed by atoms with Crippen LogP contribution in [0.4, 0.5) is 17.1 Å². The van der Waals surface area contributed by atoms with Gasteiger partial charge in [0.15, 0.2) is 5.71 Å². The zero-order valence-corrected chi connectivity index (χ0v) is 39.1. The van der Waals surface area contributed by atoms with Gasteiger partial charge in [-0.3, -0.25) is 13.9 Å². The minimum atomic E-state index is -4.48. The van der Waals surface area contributed by atoms with Crippen molar-refractivity contribution in [3.8, 4) is 0 Å². The molecular weight excluding hydrogens is 879 g/mol. The summed E-state index contributed by atoms with van der Waals surface area (Å²) in [7, 11) is -8.63. The number of hydrogen-bond acceptors (Lipinski definition) is 12. The predicted octanol–water partition coefficient (Wildman–Crippen LogP) is 9.26. The summed E-state index contributed by atoms with van der Waals surface area (Å²) in [6.45, 7) is 10.4. The molecule has 0 unspecified atom stereocenters. The van der Waals surface area contributed by atoms with Crippen molar-refractivity contribution in [2.75, 3.05) is 41.4 Å². The summed E-state index contributed by atoms with van der Waals surface area (Å²) < 4.78 is 78.9. The van der Waals surface area contributed by atoms with Crippen LogP contribution in [0.25, 0.3) is 0 Å². The first-order chi connectivity index (χ1) is 30.5. The molecule has 0 amide bonds. The van der Waals surface area contributed by atoms with Gasteiger partial charge in [-0.1, -0.05) is 61.4 Å². The van der Waals surface area contributed by atoms with Crippen LogP contribution in [0.15, 0.2) is 118 Å². The standard InChI is InChI=1S/C47H57N3O11S3/c1-46(2)39-14-5-6-15-41(39)49(27-7-9-30-62-61-60-52)43(46)24-18-35-12-11-13-36(45(35)48-37-20-16-34(17-21-37)26-29-59-33-51)19-25-44-47(3,4)40-32-38(64(56,57)58)22-23-42(40)50(44)28-8-10-31-63(53,54)55/h5-6,14-25,32-33H,7-13,26-31H2,1-4H3,(H3,52,53,54,55,56,57,58)/p+1/b36-19+,44-25+. The van der Waals surface area contributed by atoms with Gasteiger partial charge in [-0.2, -0.15) is 21.4 Å². The molecule has 0 saturated carbocycles. The lowest BCUT2D eigenvalue weighted by atomic mass is 9.81. The lowest BCUT2D eigenvalue weighted by molar-refractivity contribution is -0.438. The van der Waals surface area contributed by atoms with Crippen LogP contribution < -0.4 is 10.2 Å². The summed E-state index contributed by atoms with van der Waals surface area (Å²) in [6, 6.07) is 21.1. The van der Waals surface area contributed by atoms with Crippen molar-refractivity contribution in [3.63, 3.8) is 0 Å². The monoisotopic (exact) mass is 936 g/mol. The first kappa shape index (κ1) is 48.9. The summed E-state index contributed by atoms with van der Waals surface area (Å²) in [5.41, 5.74) is 9.94. The SMILES string of the molecule is CC1(C)C(/C=C/C2=C(Nc3ccc(CCOC=O)cc3)C(=C/C=C3/N(CCCCS(=O)(=O)O)c4ccc(S(=O)(=O)O)cc4C3(C)C)/CCC2)=[N+](CCCCSOOO)c2ccccc21. The van der Waals surface area contributed by atoms with Gasteiger partial charge >= 0.3 is 0 Å². The number of para-hydroxylation sites is 1. The van der Waals surface area contributed by atoms with Gasteiger partial charge in [0.25, 0.3) is 26.7 Å². The molecule has 1 aliphatic carbocycles. The second-order valence-electron chi connectivity index (χ2n) is 17.1. The maximum absolute atomic E-state index is 12.3. The van der Waals surface area contributed by atoms with E-state index in [2.05, 4.69) is 86.6 Å². The molecule has 3 aliphatic rings. The molecule has 4 N–H and O–H groups in total. The third kappa shape index (κ3) is 11.8. The molecule has 3 aromatic carbocycles. The van der Waals surface area contributed by atoms with Gasteiger partial charge in [0, 0.05) is 83.1 Å². The number of fused-ring (bicyclic) bond motifs is 2. The van der Waals surface area contributed by atoms with Crippen LogP contribution >= 0.6 is 12.0 Å². The summed E-state index contributed by atoms with van der Waals surface area (Å²) >= 11 is 1.06. The van der Waals surface area contributed by atoms with Gasteiger partial charge in [-0.05, 0) is 111 Å². The van der Waals surface area contributed by atoms with E-state index in [1.54, 1.807) is 6.07 Å². The summed E-state index contributed by atoms with van der Waals surface area (Å²) in [6.07, 6.45) is 14.1. The number of unbranched alkanes of at least 4 members (excludes halogenated alkanes) is 2. The number of benzene rings is 3. The molecule has 0 radical (unpaired) electrons. The van der Waals surface area contributed by atoms with E-state index < -0.39 is 25.7 Å². The Kier molecular flexibility index (Phi) is 16.1. The maximum atomic E-state index is 12.3. The number of anilines is 2. The highest BCUT2D eigenvalue weighted by molar-refractivity contribution is 7.94. The zero-order valence-electron chi connectivity index (χ0n) is 36.7. The van der Waals surface area contributed by atoms with Crippen LogP contribution in [0.5, 0.6) is 0 Å². The number of allylic oxidation sites excluding steroid dienone is 7. The van der Waals surface area contributed by atoms with Crippen molar-refractivity contribution < 1.29 is 54.7 Å². The molecule has 0 spiro atoms. The number of carbonyl (C=O) groups is 1. The van der Waals surface area contributed by atoms with Crippen LogP contribution in [-0.4, -0.2) is 79.2 Å². The molecule has 0 saturated heterocycles. The third-order valence-corrected chi connectivity index (χ3v) is 14.4. The van der Waals surface area contributed by atoms with Crippen LogP contribution in [0, 0.1) is 0 Å². The van der Waals surface area contributed by atoms with Crippen molar-refractivity contribution in [1.29, 1.82) is 0 Å². The topological polar surface area (TPSA) is 192 Å². The van der Waals surface area contributed by atoms with Crippen LogP contribution in [0.2, 0.25) is 0 Å². The summed E-state index contributed by atoms with van der Waals surface area (Å²) in [5, 5.41) is 16.0. The van der Waals surface area contributed by atoms with Gasteiger partial charge in [0.1, 0.15) is 6.54 Å². The van der Waals surface area contributed by atoms with E-state index >= 15 is 0 Å². The fraction of sp³-hybridized carbons (Fsp3) is 0.404. The van der Waals surface area contributed by atoms with E-state index in [1.165, 1.54) is 29.1 Å². The van der Waals surface area contributed by atoms with E-state index in [1.807, 2.05) is 38.1 Å². The largest absolute Gasteiger partial charge is 0.468 e. The molecule has 344 valence electrons. The molecule has 0 aromatic heterocycles. The molecular formula is C47H58N3O11S3+. The van der Waals surface area contributed by atoms with E-state index in [4.69, 9.17) is 9.99 Å². The molecule has 2 heterocycles. The average molecular weight is 937 g/mol. The smallest absolute Gasteiger partial charge is 0.294 e. The van der Waals surface area contributed by atoms with Crippen LogP contribution in [0.1, 0.15) is 89.3 Å². The zero-order chi connectivity index (χ0) is 46.1. The highest BCUT2D eigenvalue weighted by Crippen LogP contribution is 2.49. The van der Waals surface area contributed by atoms with E-state index in [-0.39, 0.29) is 29.1 Å². The van der Waals surface area contributed by atoms with Gasteiger partial charge < -0.3 is 15.0 Å². The highest BCUT2D eigenvalue weighted by atomic mass is 32.2. The fourth-order valence-corrected chi connectivity index (χ4v) is 10.4. The molecule has 64 heavy (non-hydrogen) atoms. The van der Waals surface area contributed by atoms with Crippen molar-refractivity contribution in [1.82, 2.24) is 0 Å². The predicted molar refractivity (Wildman–Crippen MR) is 250 cm³/mol. The van der Waals surface area contributed by atoms with E-state index in [0.717, 1.165) is 90.2 Å². The first-order valence-corrected chi connectivity index (χ1v) is 25.3. The average Bonchev–Trinajstić information content (AvgIpc) is 3.60. The number of nitrogens with zero attached hydrogens (tertiary/aromatic N) is 2.